The maximum atomic E-state index is 12.6. The van der Waals surface area contributed by atoms with Crippen molar-refractivity contribution in [1.29, 1.82) is 0 Å². The minimum atomic E-state index is -0.204. The summed E-state index contributed by atoms with van der Waals surface area (Å²) >= 11 is 0. The van der Waals surface area contributed by atoms with Crippen LogP contribution >= 0.6 is 0 Å². The molecule has 33 heteroatoms. The number of benzene rings is 8. The fourth-order valence-electron chi connectivity index (χ4n) is 14.6. The van der Waals surface area contributed by atoms with Gasteiger partial charge in [-0.05, 0) is 137 Å². The van der Waals surface area contributed by atoms with Crippen molar-refractivity contribution >= 4 is 46.0 Å². The van der Waals surface area contributed by atoms with E-state index in [1.54, 1.807) is 20.3 Å². The summed E-state index contributed by atoms with van der Waals surface area (Å²) < 4.78 is 22.9. The number of anilines is 3. The third-order valence-electron chi connectivity index (χ3n) is 21.6. The summed E-state index contributed by atoms with van der Waals surface area (Å²) in [6, 6.07) is 70.7. The molecule has 1 aliphatic rings. The van der Waals surface area contributed by atoms with Gasteiger partial charge < -0.3 is 35.5 Å². The van der Waals surface area contributed by atoms with E-state index in [-0.39, 0.29) is 33.2 Å². The minimum Gasteiger partial charge on any atom is -0.497 e. The van der Waals surface area contributed by atoms with Crippen LogP contribution in [0.25, 0.3) is 85.8 Å². The van der Waals surface area contributed by atoms with E-state index in [1.165, 1.54) is 77.2 Å². The maximum absolute atomic E-state index is 12.6. The van der Waals surface area contributed by atoms with Crippen molar-refractivity contribution < 1.29 is 14.2 Å². The van der Waals surface area contributed by atoms with Gasteiger partial charge >= 0.3 is 0 Å². The van der Waals surface area contributed by atoms with E-state index >= 15 is 0 Å². The fraction of sp³-hybridized carbons (Fsp3) is 0.255. The Morgan fingerprint density at radius 1 is 0.382 bits per heavy atom. The lowest BCUT2D eigenvalue weighted by Gasteiger charge is -2.25. The Morgan fingerprint density at radius 2 is 0.809 bits per heavy atom. The van der Waals surface area contributed by atoms with Crippen molar-refractivity contribution in [3.05, 3.63) is 333 Å². The van der Waals surface area contributed by atoms with Crippen molar-refractivity contribution in [3.63, 3.8) is 0 Å². The van der Waals surface area contributed by atoms with Crippen LogP contribution in [0.15, 0.2) is 248 Å². The van der Waals surface area contributed by atoms with Gasteiger partial charge in [0.05, 0.1) is 74.6 Å². The Balaban J connectivity index is 0.000000126. The number of aryl methyl sites for hydroxylation is 4. The number of aromatic nitrogens is 20. The number of H-pyrrole nitrogens is 5. The number of hydrogen-bond acceptors (Lipinski definition) is 23. The molecule has 0 radical (unpaired) electrons. The summed E-state index contributed by atoms with van der Waals surface area (Å²) in [4.78, 5) is 109. The molecule has 11 heterocycles. The largest absolute Gasteiger partial charge is 0.497 e. The van der Waals surface area contributed by atoms with Crippen molar-refractivity contribution in [2.24, 2.45) is 0 Å². The SMILES string of the molecule is CCOc1ccccc1NCc1cc(=O)n2[nH]c(-c3ccc(C(C)(C)C)cc3)nc2n1.COc1ccc(-c2nc3nc(CN4CCCCC4)cc(=O)n3[nH]2)cc1.COc1cccc(NCc2cc(=O)n3[nH]c(-c4ccc(C)cc4)nc3n2)c1.Cc1ccc(NCc2cc(=O)n3[nH]c(-c4ccccc4)nc3n2)c(C)c1.Cc1ccccc1-c1nc2nc(CNC(C)C)cc(=O)n2[nH]1. The average Bonchev–Trinajstić information content (AvgIpc) is 1.61. The Hall–Kier alpha value is -15.8. The van der Waals surface area contributed by atoms with Gasteiger partial charge in [0, 0.05) is 94.7 Å². The van der Waals surface area contributed by atoms with Gasteiger partial charge in [-0.1, -0.05) is 186 Å². The van der Waals surface area contributed by atoms with Crippen LogP contribution in [-0.2, 0) is 38.1 Å². The monoisotopic (exact) mass is 1760 g/mol. The van der Waals surface area contributed by atoms with E-state index in [1.807, 2.05) is 191 Å². The smallest absolute Gasteiger partial charge is 0.274 e. The van der Waals surface area contributed by atoms with Crippen LogP contribution in [0.5, 0.6) is 17.2 Å². The minimum absolute atomic E-state index is 0.0770. The van der Waals surface area contributed by atoms with Crippen LogP contribution in [0.2, 0.25) is 0 Å². The standard InChI is InChI=1S/C24H27N5O2.C20H19N5O2.C20H19N5O.C18H21N5O2.C16H19N5O/c1-5-31-20-9-7-6-8-19(20)25-15-18-14-21(30)29-23(26-18)27-22(28-29)16-10-12-17(13-11-16)24(2,3)4;1-13-6-8-14(9-7-13)19-23-20-22-16(11-18(26)25(20)24-19)12-21-15-4-3-5-17(10-15)27-2;1-13-8-9-17(14(2)10-13)21-12-16-11-18(26)25-20(22-16)23-19(24-25)15-6-4-3-5-7-15;1-25-15-7-5-13(6-8-15)17-20-18-19-14(11-16(24)23(18)21-17)12-22-9-3-2-4-10-22;1-10(2)17-9-12-8-14(22)21-16(18-12)19-15(20-21)13-7-5-4-6-11(13)3/h6-14,25H,5,15H2,1-4H3,(H,26,27,28);3-11,21H,12H2,1-2H3,(H,22,23,24);3-11,21H,12H2,1-2H3,(H,22,23,24);5-8,11H,2-4,9-10,12H2,1H3,(H,19,20,21);4-8,10,17H,9H2,1-3H3,(H,18,19,20). The second kappa shape index (κ2) is 40.9. The zero-order valence-corrected chi connectivity index (χ0v) is 75.1. The summed E-state index contributed by atoms with van der Waals surface area (Å²) in [6.45, 7) is 26.0. The number of rotatable bonds is 23. The zero-order valence-electron chi connectivity index (χ0n) is 75.1. The van der Waals surface area contributed by atoms with Crippen LogP contribution in [0.4, 0.5) is 17.1 Å². The first-order valence-corrected chi connectivity index (χ1v) is 43.3. The highest BCUT2D eigenvalue weighted by Gasteiger charge is 2.21. The van der Waals surface area contributed by atoms with E-state index in [0.29, 0.717) is 126 Å². The van der Waals surface area contributed by atoms with Crippen LogP contribution in [0.3, 0.4) is 0 Å². The number of ether oxygens (including phenoxy) is 3. The van der Waals surface area contributed by atoms with Crippen molar-refractivity contribution in [2.45, 2.75) is 133 Å². The second-order valence-electron chi connectivity index (χ2n) is 33.0. The van der Waals surface area contributed by atoms with Crippen molar-refractivity contribution in [1.82, 2.24) is 108 Å². The lowest BCUT2D eigenvalue weighted by Crippen LogP contribution is -2.30. The summed E-state index contributed by atoms with van der Waals surface area (Å²) in [5.74, 6) is 7.27. The third-order valence-corrected chi connectivity index (χ3v) is 21.6. The Kier molecular flexibility index (Phi) is 28.1. The molecule has 0 atom stereocenters. The quantitative estimate of drug-likeness (QED) is 0.0287. The number of hydrogen-bond donors (Lipinski definition) is 9. The molecule has 9 N–H and O–H groups in total. The first-order valence-electron chi connectivity index (χ1n) is 43.3. The highest BCUT2D eigenvalue weighted by atomic mass is 16.5. The number of likely N-dealkylation sites (tertiary alicyclic amines) is 1. The summed E-state index contributed by atoms with van der Waals surface area (Å²) in [7, 11) is 3.25. The lowest BCUT2D eigenvalue weighted by atomic mass is 9.87. The van der Waals surface area contributed by atoms with E-state index in [4.69, 9.17) is 14.2 Å². The molecule has 131 heavy (non-hydrogen) atoms. The first kappa shape index (κ1) is 90.0. The van der Waals surface area contributed by atoms with Gasteiger partial charge in [0.25, 0.3) is 56.7 Å². The highest BCUT2D eigenvalue weighted by Crippen LogP contribution is 2.29. The molecular weight excluding hydrogens is 1660 g/mol. The van der Waals surface area contributed by atoms with Gasteiger partial charge in [-0.2, -0.15) is 47.5 Å². The number of methoxy groups -OCH3 is 2. The predicted molar refractivity (Wildman–Crippen MR) is 510 cm³/mol. The van der Waals surface area contributed by atoms with Gasteiger partial charge in [0.1, 0.15) is 17.2 Å². The van der Waals surface area contributed by atoms with Crippen molar-refractivity contribution in [3.8, 4) is 74.2 Å². The Morgan fingerprint density at radius 3 is 1.31 bits per heavy atom. The van der Waals surface area contributed by atoms with Crippen molar-refractivity contribution in [2.75, 3.05) is 49.9 Å². The summed E-state index contributed by atoms with van der Waals surface area (Å²) in [6.07, 6.45) is 3.71. The number of piperidine rings is 1. The molecule has 10 aromatic heterocycles. The number of aromatic amines is 5. The van der Waals surface area contributed by atoms with Gasteiger partial charge in [-0.3, -0.25) is 54.4 Å². The molecule has 19 rings (SSSR count). The normalized spacial score (nSPS) is 12.1. The number of fused-ring (bicyclic) bond motifs is 5. The Bertz CT molecular complexity index is 7320. The number of para-hydroxylation sites is 2. The molecule has 0 amide bonds. The molecular formula is C98H105N25O8. The highest BCUT2D eigenvalue weighted by molar-refractivity contribution is 5.64. The molecule has 1 aliphatic heterocycles. The average molecular weight is 1760 g/mol. The zero-order chi connectivity index (χ0) is 91.8. The molecule has 0 bridgehead atoms. The molecule has 0 unspecified atom stereocenters. The molecule has 670 valence electrons. The number of nitrogens with zero attached hydrogens (tertiary/aromatic N) is 16. The molecule has 1 saturated heterocycles. The Labute approximate surface area is 753 Å². The van der Waals surface area contributed by atoms with Crippen LogP contribution < -0.4 is 63.3 Å². The maximum Gasteiger partial charge on any atom is 0.274 e. The molecule has 0 aliphatic carbocycles. The van der Waals surface area contributed by atoms with Gasteiger partial charge in [-0.25, -0.2) is 24.9 Å². The molecule has 33 nitrogen and oxygen atoms in total. The molecule has 1 fully saturated rings. The molecule has 8 aromatic carbocycles. The van der Waals surface area contributed by atoms with Crippen LogP contribution in [0, 0.1) is 27.7 Å². The number of nitrogens with one attached hydrogen (secondary N) is 9. The van der Waals surface area contributed by atoms with E-state index in [0.717, 1.165) is 97.6 Å². The molecule has 18 aromatic rings. The van der Waals surface area contributed by atoms with Gasteiger partial charge in [0.15, 0.2) is 29.1 Å². The molecule has 0 spiro atoms. The first-order chi connectivity index (χ1) is 63.3. The van der Waals surface area contributed by atoms with Gasteiger partial charge in [0.2, 0.25) is 0 Å². The van der Waals surface area contributed by atoms with E-state index in [2.05, 4.69) is 174 Å². The third kappa shape index (κ3) is 22.6. The topological polar surface area (TPSA) is 394 Å². The van der Waals surface area contributed by atoms with Crippen LogP contribution in [0.1, 0.15) is 117 Å². The van der Waals surface area contributed by atoms with Gasteiger partial charge in [-0.15, -0.1) is 0 Å². The summed E-state index contributed by atoms with van der Waals surface area (Å²) in [5, 5.41) is 28.2. The van der Waals surface area contributed by atoms with E-state index < -0.39 is 0 Å². The van der Waals surface area contributed by atoms with Crippen LogP contribution in [-0.4, -0.2) is 143 Å². The fourth-order valence-corrected chi connectivity index (χ4v) is 14.6. The lowest BCUT2D eigenvalue weighted by molar-refractivity contribution is 0.218. The van der Waals surface area contributed by atoms with E-state index in [9.17, 15) is 24.0 Å². The molecule has 0 saturated carbocycles. The predicted octanol–water partition coefficient (Wildman–Crippen LogP) is 14.7. The second-order valence-corrected chi connectivity index (χ2v) is 33.0. The summed E-state index contributed by atoms with van der Waals surface area (Å²) in [5.41, 5.74) is 15.8.